The van der Waals surface area contributed by atoms with E-state index < -0.39 is 19.9 Å². The summed E-state index contributed by atoms with van der Waals surface area (Å²) >= 11 is 0. The second kappa shape index (κ2) is 8.23. The molecule has 0 bridgehead atoms. The number of ether oxygens (including phenoxy) is 1. The molecule has 8 heteroatoms. The van der Waals surface area contributed by atoms with Crippen molar-refractivity contribution in [2.24, 2.45) is 0 Å². The molecule has 2 aromatic rings. The number of sulfonamides is 1. The maximum Gasteiger partial charge on any atom is 0.243 e. The Hall–Kier alpha value is -1.90. The second-order valence-electron chi connectivity index (χ2n) is 6.83. The molecule has 2 aromatic carbocycles. The Morgan fingerprint density at radius 3 is 2.39 bits per heavy atom. The third kappa shape index (κ3) is 4.39. The number of fused-ring (bicyclic) bond motifs is 1. The number of hydrogen-bond donors (Lipinski definition) is 0. The lowest BCUT2D eigenvalue weighted by molar-refractivity contribution is 0.340. The Labute approximate surface area is 167 Å². The zero-order chi connectivity index (χ0) is 20.4. The normalized spacial score (nSPS) is 16.9. The van der Waals surface area contributed by atoms with Gasteiger partial charge in [0.15, 0.2) is 9.84 Å². The zero-order valence-electron chi connectivity index (χ0n) is 16.0. The van der Waals surface area contributed by atoms with Gasteiger partial charge in [-0.1, -0.05) is 31.2 Å². The highest BCUT2D eigenvalue weighted by Crippen LogP contribution is 2.37. The van der Waals surface area contributed by atoms with Gasteiger partial charge in [0.1, 0.15) is 12.4 Å². The van der Waals surface area contributed by atoms with Crippen LogP contribution in [0.2, 0.25) is 0 Å². The molecule has 0 aliphatic heterocycles. The highest BCUT2D eigenvalue weighted by atomic mass is 32.2. The van der Waals surface area contributed by atoms with Gasteiger partial charge in [0.2, 0.25) is 10.0 Å². The molecule has 3 rings (SSSR count). The summed E-state index contributed by atoms with van der Waals surface area (Å²) in [6.07, 6.45) is 1.64. The molecule has 0 spiro atoms. The van der Waals surface area contributed by atoms with E-state index in [4.69, 9.17) is 4.74 Å². The van der Waals surface area contributed by atoms with E-state index in [1.54, 1.807) is 26.1 Å². The molecule has 0 radical (unpaired) electrons. The molecule has 6 nitrogen and oxygen atoms in total. The van der Waals surface area contributed by atoms with E-state index in [1.807, 2.05) is 24.3 Å². The maximum absolute atomic E-state index is 13.0. The van der Waals surface area contributed by atoms with Crippen LogP contribution in [0.1, 0.15) is 30.5 Å². The Morgan fingerprint density at radius 2 is 1.71 bits per heavy atom. The summed E-state index contributed by atoms with van der Waals surface area (Å²) in [5.41, 5.74) is 2.26. The van der Waals surface area contributed by atoms with Crippen molar-refractivity contribution >= 4 is 19.9 Å². The first-order valence-electron chi connectivity index (χ1n) is 9.24. The molecule has 1 atom stereocenters. The highest BCUT2D eigenvalue weighted by Gasteiger charge is 2.33. The van der Waals surface area contributed by atoms with E-state index in [2.05, 4.69) is 0 Å². The molecule has 28 heavy (non-hydrogen) atoms. The third-order valence-electron chi connectivity index (χ3n) is 5.14. The van der Waals surface area contributed by atoms with Gasteiger partial charge in [-0.25, -0.2) is 16.8 Å². The molecular formula is C20H25NO5S2. The van der Waals surface area contributed by atoms with Crippen molar-refractivity contribution in [1.29, 1.82) is 0 Å². The van der Waals surface area contributed by atoms with Crippen molar-refractivity contribution in [3.05, 3.63) is 59.7 Å². The van der Waals surface area contributed by atoms with Crippen LogP contribution in [0.25, 0.3) is 0 Å². The average molecular weight is 424 g/mol. The topological polar surface area (TPSA) is 80.8 Å². The Morgan fingerprint density at radius 1 is 1.04 bits per heavy atom. The van der Waals surface area contributed by atoms with Crippen molar-refractivity contribution in [3.8, 4) is 5.75 Å². The monoisotopic (exact) mass is 423 g/mol. The standard InChI is InChI=1S/C20H25NO5S2/c1-3-27(22,23)15-14-26-17-9-11-18(12-10-17)28(24,25)21(2)20-13-8-16-6-4-5-7-19(16)20/h4-7,9-12,20H,3,8,13-15H2,1-2H3. The average Bonchev–Trinajstić information content (AvgIpc) is 3.11. The molecule has 0 heterocycles. The fraction of sp³-hybridized carbons (Fsp3) is 0.400. The first-order chi connectivity index (χ1) is 13.2. The third-order valence-corrected chi connectivity index (χ3v) is 8.69. The minimum atomic E-state index is -3.65. The number of sulfone groups is 1. The molecule has 0 N–H and O–H groups in total. The van der Waals surface area contributed by atoms with E-state index in [9.17, 15) is 16.8 Å². The van der Waals surface area contributed by atoms with Gasteiger partial charge in [-0.3, -0.25) is 0 Å². The van der Waals surface area contributed by atoms with E-state index in [0.29, 0.717) is 5.75 Å². The molecule has 1 aliphatic rings. The van der Waals surface area contributed by atoms with Crippen molar-refractivity contribution in [1.82, 2.24) is 4.31 Å². The van der Waals surface area contributed by atoms with Crippen LogP contribution >= 0.6 is 0 Å². The van der Waals surface area contributed by atoms with Gasteiger partial charge in [-0.15, -0.1) is 0 Å². The molecular weight excluding hydrogens is 398 g/mol. The predicted molar refractivity (Wildman–Crippen MR) is 109 cm³/mol. The smallest absolute Gasteiger partial charge is 0.243 e. The van der Waals surface area contributed by atoms with Crippen LogP contribution in [-0.2, 0) is 26.3 Å². The number of nitrogens with zero attached hydrogens (tertiary/aromatic N) is 1. The summed E-state index contributed by atoms with van der Waals surface area (Å²) in [4.78, 5) is 0.188. The molecule has 0 amide bonds. The molecule has 0 aromatic heterocycles. The number of rotatable bonds is 8. The predicted octanol–water partition coefficient (Wildman–Crippen LogP) is 2.81. The van der Waals surface area contributed by atoms with Gasteiger partial charge in [0, 0.05) is 12.8 Å². The van der Waals surface area contributed by atoms with Crippen LogP contribution in [0, 0.1) is 0 Å². The molecule has 152 valence electrons. The lowest BCUT2D eigenvalue weighted by Crippen LogP contribution is -2.30. The largest absolute Gasteiger partial charge is 0.493 e. The molecule has 1 aliphatic carbocycles. The minimum Gasteiger partial charge on any atom is -0.493 e. The molecule has 1 unspecified atom stereocenters. The number of benzene rings is 2. The summed E-state index contributed by atoms with van der Waals surface area (Å²) in [5.74, 6) is 0.455. The minimum absolute atomic E-state index is 0.0427. The summed E-state index contributed by atoms with van der Waals surface area (Å²) in [6.45, 7) is 1.63. The maximum atomic E-state index is 13.0. The van der Waals surface area contributed by atoms with Crippen molar-refractivity contribution in [2.75, 3.05) is 25.2 Å². The van der Waals surface area contributed by atoms with Crippen molar-refractivity contribution < 1.29 is 21.6 Å². The molecule has 0 saturated carbocycles. The van der Waals surface area contributed by atoms with Crippen LogP contribution in [0.3, 0.4) is 0 Å². The van der Waals surface area contributed by atoms with Gasteiger partial charge in [-0.05, 0) is 48.2 Å². The van der Waals surface area contributed by atoms with Crippen LogP contribution in [0.5, 0.6) is 5.75 Å². The zero-order valence-corrected chi connectivity index (χ0v) is 17.7. The van der Waals surface area contributed by atoms with Crippen LogP contribution in [0.15, 0.2) is 53.4 Å². The van der Waals surface area contributed by atoms with E-state index in [1.165, 1.54) is 22.0 Å². The SMILES string of the molecule is CCS(=O)(=O)CCOc1ccc(S(=O)(=O)N(C)C2CCc3ccccc32)cc1. The lowest BCUT2D eigenvalue weighted by atomic mass is 10.1. The molecule has 0 saturated heterocycles. The second-order valence-corrected chi connectivity index (χ2v) is 11.3. The van der Waals surface area contributed by atoms with Gasteiger partial charge in [-0.2, -0.15) is 4.31 Å². The van der Waals surface area contributed by atoms with Crippen LogP contribution < -0.4 is 4.74 Å². The van der Waals surface area contributed by atoms with Gasteiger partial charge < -0.3 is 4.74 Å². The van der Waals surface area contributed by atoms with Crippen LogP contribution in [-0.4, -0.2) is 46.3 Å². The Kier molecular flexibility index (Phi) is 6.12. The van der Waals surface area contributed by atoms with E-state index >= 15 is 0 Å². The van der Waals surface area contributed by atoms with E-state index in [-0.39, 0.29) is 29.0 Å². The summed E-state index contributed by atoms with van der Waals surface area (Å²) in [7, 11) is -5.13. The van der Waals surface area contributed by atoms with Crippen molar-refractivity contribution in [2.45, 2.75) is 30.7 Å². The lowest BCUT2D eigenvalue weighted by Gasteiger charge is -2.25. The first-order valence-corrected chi connectivity index (χ1v) is 12.5. The summed E-state index contributed by atoms with van der Waals surface area (Å²) in [6, 6.07) is 13.9. The van der Waals surface area contributed by atoms with E-state index in [0.717, 1.165) is 18.4 Å². The quantitative estimate of drug-likeness (QED) is 0.652. The number of hydrogen-bond acceptors (Lipinski definition) is 5. The fourth-order valence-corrected chi connectivity index (χ4v) is 5.38. The van der Waals surface area contributed by atoms with Crippen molar-refractivity contribution in [3.63, 3.8) is 0 Å². The Balaban J connectivity index is 1.70. The highest BCUT2D eigenvalue weighted by molar-refractivity contribution is 7.91. The van der Waals surface area contributed by atoms with Gasteiger partial charge >= 0.3 is 0 Å². The van der Waals surface area contributed by atoms with Crippen LogP contribution in [0.4, 0.5) is 0 Å². The summed E-state index contributed by atoms with van der Waals surface area (Å²) < 4.78 is 55.9. The number of aryl methyl sites for hydroxylation is 1. The van der Waals surface area contributed by atoms with Gasteiger partial charge in [0.25, 0.3) is 0 Å². The summed E-state index contributed by atoms with van der Waals surface area (Å²) in [5, 5.41) is 0. The molecule has 0 fully saturated rings. The fourth-order valence-electron chi connectivity index (χ4n) is 3.38. The first kappa shape index (κ1) is 20.8. The van der Waals surface area contributed by atoms with Gasteiger partial charge in [0.05, 0.1) is 16.7 Å². The Bertz CT molecular complexity index is 1030.